The molecule has 0 aromatic heterocycles. The summed E-state index contributed by atoms with van der Waals surface area (Å²) in [5.74, 6) is -0.203. The quantitative estimate of drug-likeness (QED) is 0.764. The first-order valence-corrected chi connectivity index (χ1v) is 9.02. The van der Waals surface area contributed by atoms with Gasteiger partial charge in [0.2, 0.25) is 0 Å². The lowest BCUT2D eigenvalue weighted by molar-refractivity contribution is -0.147. The summed E-state index contributed by atoms with van der Waals surface area (Å²) in [6, 6.07) is 12.4. The minimum Gasteiger partial charge on any atom is -0.491 e. The number of likely N-dealkylation sites (tertiary alicyclic amines) is 1. The fraction of sp³-hybridized carbons (Fsp3) is 0.381. The van der Waals surface area contributed by atoms with Crippen molar-refractivity contribution in [3.63, 3.8) is 0 Å². The van der Waals surface area contributed by atoms with Gasteiger partial charge in [-0.05, 0) is 37.6 Å². The molecule has 0 aliphatic carbocycles. The molecule has 1 saturated heterocycles. The van der Waals surface area contributed by atoms with Gasteiger partial charge in [-0.1, -0.05) is 18.2 Å². The van der Waals surface area contributed by atoms with Crippen LogP contribution in [0.5, 0.6) is 11.5 Å². The van der Waals surface area contributed by atoms with Crippen molar-refractivity contribution in [1.29, 1.82) is 0 Å². The zero-order chi connectivity index (χ0) is 19.4. The fourth-order valence-corrected chi connectivity index (χ4v) is 2.95. The summed E-state index contributed by atoms with van der Waals surface area (Å²) in [5, 5.41) is 8.89. The third kappa shape index (κ3) is 5.20. The van der Waals surface area contributed by atoms with Crippen LogP contribution in [0, 0.1) is 11.7 Å². The first kappa shape index (κ1) is 19.2. The first-order chi connectivity index (χ1) is 12.9. The Labute approximate surface area is 158 Å². The second-order valence-electron chi connectivity index (χ2n) is 7.08. The third-order valence-corrected chi connectivity index (χ3v) is 4.43. The topological polar surface area (TPSA) is 59.0 Å². The van der Waals surface area contributed by atoms with Crippen molar-refractivity contribution in [2.75, 3.05) is 13.1 Å². The molecule has 3 rings (SSSR count). The largest absolute Gasteiger partial charge is 0.491 e. The van der Waals surface area contributed by atoms with Gasteiger partial charge in [-0.2, -0.15) is 0 Å². The summed E-state index contributed by atoms with van der Waals surface area (Å²) >= 11 is 0. The Morgan fingerprint density at radius 2 is 1.85 bits per heavy atom. The average Bonchev–Trinajstić information content (AvgIpc) is 2.57. The van der Waals surface area contributed by atoms with Crippen molar-refractivity contribution in [3.05, 3.63) is 59.4 Å². The lowest BCUT2D eigenvalue weighted by atomic mass is 9.99. The molecule has 27 heavy (non-hydrogen) atoms. The van der Waals surface area contributed by atoms with E-state index in [0.29, 0.717) is 37.6 Å². The van der Waals surface area contributed by atoms with Gasteiger partial charge in [0.1, 0.15) is 23.9 Å². The minimum absolute atomic E-state index is 0.125. The summed E-state index contributed by atoms with van der Waals surface area (Å²) in [7, 11) is 0. The minimum atomic E-state index is -0.792. The number of rotatable bonds is 8. The lowest BCUT2D eigenvalue weighted by Gasteiger charge is -2.36. The van der Waals surface area contributed by atoms with E-state index in [0.717, 1.165) is 11.3 Å². The number of aliphatic carboxylic acids is 1. The number of benzene rings is 2. The highest BCUT2D eigenvalue weighted by Gasteiger charge is 2.32. The zero-order valence-corrected chi connectivity index (χ0v) is 15.5. The number of carboxylic acids is 1. The molecule has 0 spiro atoms. The number of halogens is 1. The van der Waals surface area contributed by atoms with Gasteiger partial charge < -0.3 is 14.6 Å². The van der Waals surface area contributed by atoms with E-state index < -0.39 is 5.97 Å². The number of hydrogen-bond donors (Lipinski definition) is 1. The van der Waals surface area contributed by atoms with Crippen molar-refractivity contribution in [2.45, 2.75) is 33.1 Å². The van der Waals surface area contributed by atoms with Crippen LogP contribution in [-0.4, -0.2) is 35.2 Å². The average molecular weight is 373 g/mol. The third-order valence-electron chi connectivity index (χ3n) is 4.43. The van der Waals surface area contributed by atoms with Gasteiger partial charge >= 0.3 is 5.97 Å². The SMILES string of the molecule is CC(C)Oc1ccc(COc2ccc(CN3CC(C(=O)O)C3)c(F)c2)cc1. The van der Waals surface area contributed by atoms with Crippen LogP contribution in [0.3, 0.4) is 0 Å². The van der Waals surface area contributed by atoms with Crippen LogP contribution in [0.2, 0.25) is 0 Å². The molecule has 1 aliphatic rings. The van der Waals surface area contributed by atoms with E-state index in [1.165, 1.54) is 6.07 Å². The lowest BCUT2D eigenvalue weighted by Crippen LogP contribution is -2.49. The van der Waals surface area contributed by atoms with Crippen molar-refractivity contribution in [3.8, 4) is 11.5 Å². The molecule has 0 unspecified atom stereocenters. The molecular weight excluding hydrogens is 349 g/mol. The highest BCUT2D eigenvalue weighted by molar-refractivity contribution is 5.71. The summed E-state index contributed by atoms with van der Waals surface area (Å²) < 4.78 is 25.6. The van der Waals surface area contributed by atoms with Gasteiger partial charge in [0, 0.05) is 31.3 Å². The molecule has 2 aromatic rings. The standard InChI is InChI=1S/C21H24FNO4/c1-14(2)27-18-6-3-15(4-7-18)13-26-19-8-5-16(20(22)9-19)10-23-11-17(12-23)21(24)25/h3-9,14,17H,10-13H2,1-2H3,(H,24,25). The van der Waals surface area contributed by atoms with Crippen LogP contribution in [0.1, 0.15) is 25.0 Å². The van der Waals surface area contributed by atoms with Crippen LogP contribution < -0.4 is 9.47 Å². The van der Waals surface area contributed by atoms with Crippen molar-refractivity contribution in [2.24, 2.45) is 5.92 Å². The van der Waals surface area contributed by atoms with Crippen molar-refractivity contribution in [1.82, 2.24) is 4.90 Å². The van der Waals surface area contributed by atoms with Crippen LogP contribution in [0.4, 0.5) is 4.39 Å². The number of nitrogens with zero attached hydrogens (tertiary/aromatic N) is 1. The molecule has 0 amide bonds. The van der Waals surface area contributed by atoms with E-state index in [9.17, 15) is 9.18 Å². The van der Waals surface area contributed by atoms with Crippen LogP contribution in [-0.2, 0) is 17.9 Å². The Morgan fingerprint density at radius 1 is 1.19 bits per heavy atom. The van der Waals surface area contributed by atoms with E-state index in [-0.39, 0.29) is 17.8 Å². The van der Waals surface area contributed by atoms with E-state index in [4.69, 9.17) is 14.6 Å². The number of carboxylic acid groups (broad SMARTS) is 1. The molecule has 144 valence electrons. The normalized spacial score (nSPS) is 14.8. The Balaban J connectivity index is 1.51. The monoisotopic (exact) mass is 373 g/mol. The Morgan fingerprint density at radius 3 is 2.44 bits per heavy atom. The first-order valence-electron chi connectivity index (χ1n) is 9.02. The molecule has 6 heteroatoms. The number of ether oxygens (including phenoxy) is 2. The number of hydrogen-bond acceptors (Lipinski definition) is 4. The number of carbonyl (C=O) groups is 1. The molecule has 0 radical (unpaired) electrons. The van der Waals surface area contributed by atoms with Gasteiger partial charge in [0.05, 0.1) is 12.0 Å². The molecule has 0 saturated carbocycles. The summed E-state index contributed by atoms with van der Waals surface area (Å²) in [6.07, 6.45) is 0.125. The zero-order valence-electron chi connectivity index (χ0n) is 15.5. The van der Waals surface area contributed by atoms with Crippen LogP contribution in [0.15, 0.2) is 42.5 Å². The van der Waals surface area contributed by atoms with Crippen LogP contribution >= 0.6 is 0 Å². The van der Waals surface area contributed by atoms with Crippen molar-refractivity contribution >= 4 is 5.97 Å². The Bertz CT molecular complexity index is 785. The van der Waals surface area contributed by atoms with E-state index >= 15 is 0 Å². The Kier molecular flexibility index (Phi) is 5.96. The maximum Gasteiger partial charge on any atom is 0.309 e. The molecule has 2 aromatic carbocycles. The Hall–Kier alpha value is -2.60. The van der Waals surface area contributed by atoms with Gasteiger partial charge in [0.15, 0.2) is 0 Å². The fourth-order valence-electron chi connectivity index (χ4n) is 2.95. The summed E-state index contributed by atoms with van der Waals surface area (Å²) in [6.45, 7) is 5.62. The molecule has 0 bridgehead atoms. The predicted octanol–water partition coefficient (Wildman–Crippen LogP) is 3.71. The maximum atomic E-state index is 14.3. The van der Waals surface area contributed by atoms with Crippen molar-refractivity contribution < 1.29 is 23.8 Å². The maximum absolute atomic E-state index is 14.3. The second kappa shape index (κ2) is 8.39. The summed E-state index contributed by atoms with van der Waals surface area (Å²) in [4.78, 5) is 12.7. The summed E-state index contributed by atoms with van der Waals surface area (Å²) in [5.41, 5.74) is 1.51. The smallest absolute Gasteiger partial charge is 0.309 e. The van der Waals surface area contributed by atoms with Gasteiger partial charge in [-0.15, -0.1) is 0 Å². The molecule has 5 nitrogen and oxygen atoms in total. The van der Waals surface area contributed by atoms with Gasteiger partial charge in [-0.3, -0.25) is 9.69 Å². The molecular formula is C21H24FNO4. The van der Waals surface area contributed by atoms with Gasteiger partial charge in [0.25, 0.3) is 0 Å². The van der Waals surface area contributed by atoms with Crippen LogP contribution in [0.25, 0.3) is 0 Å². The highest BCUT2D eigenvalue weighted by atomic mass is 19.1. The molecule has 1 fully saturated rings. The second-order valence-corrected chi connectivity index (χ2v) is 7.08. The van der Waals surface area contributed by atoms with E-state index in [1.807, 2.05) is 43.0 Å². The molecule has 0 atom stereocenters. The van der Waals surface area contributed by atoms with E-state index in [1.54, 1.807) is 12.1 Å². The predicted molar refractivity (Wildman–Crippen MR) is 99.3 cm³/mol. The molecule has 1 aliphatic heterocycles. The molecule has 1 heterocycles. The molecule has 1 N–H and O–H groups in total. The van der Waals surface area contributed by atoms with E-state index in [2.05, 4.69) is 0 Å². The highest BCUT2D eigenvalue weighted by Crippen LogP contribution is 2.23. The van der Waals surface area contributed by atoms with Gasteiger partial charge in [-0.25, -0.2) is 4.39 Å².